The number of nitrogens with zero attached hydrogens (tertiary/aromatic N) is 3. The van der Waals surface area contributed by atoms with Gasteiger partial charge in [0.15, 0.2) is 0 Å². The fraction of sp³-hybridized carbons (Fsp3) is 0. The summed E-state index contributed by atoms with van der Waals surface area (Å²) < 4.78 is 0. The molecular formula is C15H7N3. The number of nitriles is 2. The lowest BCUT2D eigenvalue weighted by Gasteiger charge is -2.02. The predicted octanol–water partition coefficient (Wildman–Crippen LogP) is 3.13. The van der Waals surface area contributed by atoms with E-state index in [0.29, 0.717) is 11.1 Å². The maximum atomic E-state index is 8.87. The van der Waals surface area contributed by atoms with E-state index in [4.69, 9.17) is 10.5 Å². The van der Waals surface area contributed by atoms with Crippen LogP contribution in [0.25, 0.3) is 21.8 Å². The standard InChI is InChI=1S/C15H7N3/c16-8-10-1-3-12-7-13-4-2-11(9-17)6-15(13)18-14(12)5-10/h1-7H. The first-order valence-corrected chi connectivity index (χ1v) is 5.45. The van der Waals surface area contributed by atoms with Crippen molar-refractivity contribution < 1.29 is 0 Å². The molecule has 0 bridgehead atoms. The number of fused-ring (bicyclic) bond motifs is 2. The summed E-state index contributed by atoms with van der Waals surface area (Å²) in [5.74, 6) is 0. The van der Waals surface area contributed by atoms with Gasteiger partial charge in [0.05, 0.1) is 34.3 Å². The molecule has 1 heterocycles. The number of hydrogen-bond donors (Lipinski definition) is 0. The molecule has 0 aliphatic heterocycles. The van der Waals surface area contributed by atoms with E-state index in [1.54, 1.807) is 24.3 Å². The molecular weight excluding hydrogens is 222 g/mol. The maximum Gasteiger partial charge on any atom is 0.0992 e. The molecule has 3 heteroatoms. The molecule has 82 valence electrons. The molecule has 0 aliphatic rings. The minimum absolute atomic E-state index is 0.589. The number of rotatable bonds is 0. The third-order valence-corrected chi connectivity index (χ3v) is 2.87. The smallest absolute Gasteiger partial charge is 0.0992 e. The van der Waals surface area contributed by atoms with Crippen LogP contribution in [0.1, 0.15) is 11.1 Å². The van der Waals surface area contributed by atoms with E-state index >= 15 is 0 Å². The largest absolute Gasteiger partial charge is 0.248 e. The van der Waals surface area contributed by atoms with Gasteiger partial charge in [-0.05, 0) is 30.3 Å². The van der Waals surface area contributed by atoms with Gasteiger partial charge in [-0.25, -0.2) is 4.98 Å². The monoisotopic (exact) mass is 229 g/mol. The summed E-state index contributed by atoms with van der Waals surface area (Å²) in [4.78, 5) is 4.49. The number of pyridine rings is 1. The van der Waals surface area contributed by atoms with Gasteiger partial charge in [-0.2, -0.15) is 10.5 Å². The molecule has 0 atom stereocenters. The second-order valence-corrected chi connectivity index (χ2v) is 4.03. The van der Waals surface area contributed by atoms with E-state index in [-0.39, 0.29) is 0 Å². The Bertz CT molecular complexity index is 782. The Labute approximate surface area is 104 Å². The van der Waals surface area contributed by atoms with Crippen molar-refractivity contribution in [1.82, 2.24) is 4.98 Å². The summed E-state index contributed by atoms with van der Waals surface area (Å²) in [6, 6.07) is 17.1. The highest BCUT2D eigenvalue weighted by molar-refractivity contribution is 5.93. The quantitative estimate of drug-likeness (QED) is 0.556. The van der Waals surface area contributed by atoms with E-state index < -0.39 is 0 Å². The fourth-order valence-electron chi connectivity index (χ4n) is 1.96. The number of benzene rings is 2. The summed E-state index contributed by atoms with van der Waals surface area (Å²) in [6.07, 6.45) is 0. The van der Waals surface area contributed by atoms with Crippen molar-refractivity contribution in [3.8, 4) is 12.1 Å². The summed E-state index contributed by atoms with van der Waals surface area (Å²) in [5, 5.41) is 19.7. The molecule has 0 radical (unpaired) electrons. The van der Waals surface area contributed by atoms with E-state index in [0.717, 1.165) is 21.8 Å². The molecule has 0 N–H and O–H groups in total. The average molecular weight is 229 g/mol. The molecule has 1 aromatic heterocycles. The van der Waals surface area contributed by atoms with Gasteiger partial charge in [-0.3, -0.25) is 0 Å². The summed E-state index contributed by atoms with van der Waals surface area (Å²) >= 11 is 0. The zero-order valence-electron chi connectivity index (χ0n) is 9.38. The lowest BCUT2D eigenvalue weighted by Crippen LogP contribution is -1.85. The van der Waals surface area contributed by atoms with Gasteiger partial charge in [0.1, 0.15) is 0 Å². The zero-order valence-corrected chi connectivity index (χ0v) is 9.38. The van der Waals surface area contributed by atoms with Crippen molar-refractivity contribution in [3.05, 3.63) is 53.6 Å². The zero-order chi connectivity index (χ0) is 12.5. The molecule has 3 aromatic rings. The molecule has 3 rings (SSSR count). The Hall–Kier alpha value is -2.91. The van der Waals surface area contributed by atoms with Crippen LogP contribution in [0.15, 0.2) is 42.5 Å². The van der Waals surface area contributed by atoms with Crippen molar-refractivity contribution in [2.75, 3.05) is 0 Å². The van der Waals surface area contributed by atoms with Crippen LogP contribution in [0.4, 0.5) is 0 Å². The second-order valence-electron chi connectivity index (χ2n) is 4.03. The highest BCUT2D eigenvalue weighted by Crippen LogP contribution is 2.21. The number of aromatic nitrogens is 1. The predicted molar refractivity (Wildman–Crippen MR) is 68.7 cm³/mol. The van der Waals surface area contributed by atoms with Gasteiger partial charge in [-0.15, -0.1) is 0 Å². The fourth-order valence-corrected chi connectivity index (χ4v) is 1.96. The van der Waals surface area contributed by atoms with Crippen molar-refractivity contribution in [2.24, 2.45) is 0 Å². The van der Waals surface area contributed by atoms with Crippen molar-refractivity contribution in [1.29, 1.82) is 10.5 Å². The van der Waals surface area contributed by atoms with Crippen LogP contribution in [0.3, 0.4) is 0 Å². The van der Waals surface area contributed by atoms with Gasteiger partial charge in [0.25, 0.3) is 0 Å². The molecule has 18 heavy (non-hydrogen) atoms. The van der Waals surface area contributed by atoms with Crippen LogP contribution < -0.4 is 0 Å². The third-order valence-electron chi connectivity index (χ3n) is 2.87. The Kier molecular flexibility index (Phi) is 2.19. The Morgan fingerprint density at radius 3 is 1.67 bits per heavy atom. The molecule has 2 aromatic carbocycles. The molecule has 0 amide bonds. The van der Waals surface area contributed by atoms with Crippen LogP contribution in [0.2, 0.25) is 0 Å². The van der Waals surface area contributed by atoms with Crippen molar-refractivity contribution in [2.45, 2.75) is 0 Å². The lowest BCUT2D eigenvalue weighted by molar-refractivity contribution is 1.45. The van der Waals surface area contributed by atoms with Crippen LogP contribution in [-0.4, -0.2) is 4.98 Å². The maximum absolute atomic E-state index is 8.87. The van der Waals surface area contributed by atoms with Gasteiger partial charge < -0.3 is 0 Å². The summed E-state index contributed by atoms with van der Waals surface area (Å²) in [6.45, 7) is 0. The van der Waals surface area contributed by atoms with E-state index in [2.05, 4.69) is 17.1 Å². The molecule has 0 unspecified atom stereocenters. The van der Waals surface area contributed by atoms with Gasteiger partial charge in [0, 0.05) is 10.8 Å². The third kappa shape index (κ3) is 1.55. The van der Waals surface area contributed by atoms with E-state index in [9.17, 15) is 0 Å². The first-order valence-electron chi connectivity index (χ1n) is 5.45. The van der Waals surface area contributed by atoms with Crippen LogP contribution in [0.5, 0.6) is 0 Å². The minimum Gasteiger partial charge on any atom is -0.248 e. The average Bonchev–Trinajstić information content (AvgIpc) is 2.43. The normalized spacial score (nSPS) is 10.1. The SMILES string of the molecule is N#Cc1ccc2cc3ccc(C#N)cc3nc2c1. The molecule has 0 fully saturated rings. The van der Waals surface area contributed by atoms with E-state index in [1.807, 2.05) is 18.2 Å². The minimum atomic E-state index is 0.589. The van der Waals surface area contributed by atoms with Crippen LogP contribution >= 0.6 is 0 Å². The van der Waals surface area contributed by atoms with Gasteiger partial charge in [-0.1, -0.05) is 12.1 Å². The molecule has 3 nitrogen and oxygen atoms in total. The van der Waals surface area contributed by atoms with Gasteiger partial charge in [0.2, 0.25) is 0 Å². The molecule has 0 aliphatic carbocycles. The van der Waals surface area contributed by atoms with Crippen LogP contribution in [0, 0.1) is 22.7 Å². The van der Waals surface area contributed by atoms with E-state index in [1.165, 1.54) is 0 Å². The Morgan fingerprint density at radius 2 is 1.22 bits per heavy atom. The lowest BCUT2D eigenvalue weighted by atomic mass is 10.1. The second kappa shape index (κ2) is 3.84. The van der Waals surface area contributed by atoms with Crippen LogP contribution in [-0.2, 0) is 0 Å². The van der Waals surface area contributed by atoms with Gasteiger partial charge >= 0.3 is 0 Å². The topological polar surface area (TPSA) is 60.5 Å². The number of hydrogen-bond acceptors (Lipinski definition) is 3. The summed E-state index contributed by atoms with van der Waals surface area (Å²) in [5.41, 5.74) is 2.73. The first kappa shape index (κ1) is 10.3. The Morgan fingerprint density at radius 1 is 0.722 bits per heavy atom. The van der Waals surface area contributed by atoms with Crippen molar-refractivity contribution in [3.63, 3.8) is 0 Å². The summed E-state index contributed by atoms with van der Waals surface area (Å²) in [7, 11) is 0. The molecule has 0 saturated carbocycles. The van der Waals surface area contributed by atoms with Crippen molar-refractivity contribution >= 4 is 21.8 Å². The highest BCUT2D eigenvalue weighted by atomic mass is 14.7. The first-order chi connectivity index (χ1) is 8.80. The highest BCUT2D eigenvalue weighted by Gasteiger charge is 2.02. The Balaban J connectivity index is 2.38. The molecule has 0 spiro atoms. The molecule has 0 saturated heterocycles.